The van der Waals surface area contributed by atoms with Gasteiger partial charge in [0, 0.05) is 24.7 Å². The fraction of sp³-hybridized carbons (Fsp3) is 0.500. The molecule has 0 atom stereocenters. The summed E-state index contributed by atoms with van der Waals surface area (Å²) in [5.41, 5.74) is 1.13. The highest BCUT2D eigenvalue weighted by Crippen LogP contribution is 2.13. The molecule has 0 spiro atoms. The van der Waals surface area contributed by atoms with Gasteiger partial charge in [0.2, 0.25) is 0 Å². The van der Waals surface area contributed by atoms with Crippen LogP contribution in [-0.4, -0.2) is 19.5 Å². The van der Waals surface area contributed by atoms with Crippen molar-refractivity contribution in [2.24, 2.45) is 0 Å². The standard InChI is InChI=1S/C12H17ClO2/c1-3-14-12(15-4-2)9-10-6-5-7-11(13)8-10/h5-8,12H,3-4,9H2,1-2H3. The molecule has 0 heterocycles. The first kappa shape index (κ1) is 12.5. The topological polar surface area (TPSA) is 18.5 Å². The largest absolute Gasteiger partial charge is 0.353 e. The highest BCUT2D eigenvalue weighted by Gasteiger charge is 2.08. The monoisotopic (exact) mass is 228 g/mol. The van der Waals surface area contributed by atoms with Gasteiger partial charge in [-0.05, 0) is 31.5 Å². The SMILES string of the molecule is CCOC(Cc1cccc(Cl)c1)OCC. The van der Waals surface area contributed by atoms with Crippen LogP contribution in [0.1, 0.15) is 19.4 Å². The van der Waals surface area contributed by atoms with Crippen LogP contribution in [0.2, 0.25) is 5.02 Å². The van der Waals surface area contributed by atoms with Crippen LogP contribution in [0.25, 0.3) is 0 Å². The van der Waals surface area contributed by atoms with Crippen molar-refractivity contribution in [2.45, 2.75) is 26.6 Å². The third kappa shape index (κ3) is 4.65. The molecule has 1 rings (SSSR count). The molecule has 3 heteroatoms. The third-order valence-corrected chi connectivity index (χ3v) is 2.23. The van der Waals surface area contributed by atoms with Crippen molar-refractivity contribution < 1.29 is 9.47 Å². The van der Waals surface area contributed by atoms with E-state index in [1.807, 2.05) is 38.1 Å². The molecule has 0 aromatic heterocycles. The van der Waals surface area contributed by atoms with E-state index in [1.54, 1.807) is 0 Å². The van der Waals surface area contributed by atoms with E-state index in [0.717, 1.165) is 17.0 Å². The first-order valence-electron chi connectivity index (χ1n) is 5.24. The molecule has 0 saturated heterocycles. The number of rotatable bonds is 6. The summed E-state index contributed by atoms with van der Waals surface area (Å²) in [5.74, 6) is 0. The zero-order chi connectivity index (χ0) is 11.1. The first-order chi connectivity index (χ1) is 7.26. The van der Waals surface area contributed by atoms with Crippen LogP contribution in [0.3, 0.4) is 0 Å². The van der Waals surface area contributed by atoms with Crippen LogP contribution in [-0.2, 0) is 15.9 Å². The average molecular weight is 229 g/mol. The van der Waals surface area contributed by atoms with E-state index in [9.17, 15) is 0 Å². The van der Waals surface area contributed by atoms with Gasteiger partial charge in [-0.2, -0.15) is 0 Å². The van der Waals surface area contributed by atoms with Crippen LogP contribution < -0.4 is 0 Å². The average Bonchev–Trinajstić information content (AvgIpc) is 2.18. The van der Waals surface area contributed by atoms with Gasteiger partial charge < -0.3 is 9.47 Å². The van der Waals surface area contributed by atoms with Crippen molar-refractivity contribution in [3.63, 3.8) is 0 Å². The van der Waals surface area contributed by atoms with E-state index < -0.39 is 0 Å². The lowest BCUT2D eigenvalue weighted by molar-refractivity contribution is -0.134. The van der Waals surface area contributed by atoms with Crippen LogP contribution in [0, 0.1) is 0 Å². The van der Waals surface area contributed by atoms with Crippen molar-refractivity contribution in [1.29, 1.82) is 0 Å². The Morgan fingerprint density at radius 2 is 1.87 bits per heavy atom. The van der Waals surface area contributed by atoms with Crippen LogP contribution in [0.5, 0.6) is 0 Å². The van der Waals surface area contributed by atoms with E-state index in [2.05, 4.69) is 0 Å². The predicted octanol–water partition coefficient (Wildman–Crippen LogP) is 3.28. The van der Waals surface area contributed by atoms with Crippen molar-refractivity contribution in [1.82, 2.24) is 0 Å². The minimum Gasteiger partial charge on any atom is -0.353 e. The Balaban J connectivity index is 2.56. The normalized spacial score (nSPS) is 10.9. The molecule has 0 bridgehead atoms. The Hall–Kier alpha value is -0.570. The van der Waals surface area contributed by atoms with Crippen LogP contribution in [0.4, 0.5) is 0 Å². The number of benzene rings is 1. The van der Waals surface area contributed by atoms with E-state index >= 15 is 0 Å². The van der Waals surface area contributed by atoms with Crippen molar-refractivity contribution in [2.75, 3.05) is 13.2 Å². The van der Waals surface area contributed by atoms with Crippen molar-refractivity contribution >= 4 is 11.6 Å². The lowest BCUT2D eigenvalue weighted by Crippen LogP contribution is -2.20. The van der Waals surface area contributed by atoms with Crippen LogP contribution in [0.15, 0.2) is 24.3 Å². The van der Waals surface area contributed by atoms with Gasteiger partial charge in [0.15, 0.2) is 6.29 Å². The summed E-state index contributed by atoms with van der Waals surface area (Å²) in [6.07, 6.45) is 0.570. The highest BCUT2D eigenvalue weighted by molar-refractivity contribution is 6.30. The lowest BCUT2D eigenvalue weighted by atomic mass is 10.1. The molecule has 0 unspecified atom stereocenters. The number of ether oxygens (including phenoxy) is 2. The molecule has 1 aromatic rings. The summed E-state index contributed by atoms with van der Waals surface area (Å²) >= 11 is 5.90. The molecule has 1 aromatic carbocycles. The van der Waals surface area contributed by atoms with Gasteiger partial charge in [-0.15, -0.1) is 0 Å². The maximum Gasteiger partial charge on any atom is 0.161 e. The number of hydrogen-bond donors (Lipinski definition) is 0. The molecule has 0 saturated carbocycles. The second kappa shape index (κ2) is 6.83. The first-order valence-corrected chi connectivity index (χ1v) is 5.61. The maximum absolute atomic E-state index is 5.90. The lowest BCUT2D eigenvalue weighted by Gasteiger charge is -2.16. The molecule has 2 nitrogen and oxygen atoms in total. The molecule has 0 fully saturated rings. The van der Waals surface area contributed by atoms with E-state index in [1.165, 1.54) is 0 Å². The summed E-state index contributed by atoms with van der Waals surface area (Å²) in [4.78, 5) is 0. The maximum atomic E-state index is 5.90. The van der Waals surface area contributed by atoms with E-state index in [0.29, 0.717) is 13.2 Å². The van der Waals surface area contributed by atoms with Gasteiger partial charge in [0.25, 0.3) is 0 Å². The van der Waals surface area contributed by atoms with Crippen molar-refractivity contribution in [3.05, 3.63) is 34.9 Å². The van der Waals surface area contributed by atoms with E-state index in [4.69, 9.17) is 21.1 Å². The summed E-state index contributed by atoms with van der Waals surface area (Å²) < 4.78 is 10.9. The smallest absolute Gasteiger partial charge is 0.161 e. The minimum absolute atomic E-state index is 0.168. The summed E-state index contributed by atoms with van der Waals surface area (Å²) in [6.45, 7) is 5.24. The summed E-state index contributed by atoms with van der Waals surface area (Å²) in [6, 6.07) is 7.76. The molecule has 0 aliphatic heterocycles. The summed E-state index contributed by atoms with van der Waals surface area (Å²) in [7, 11) is 0. The zero-order valence-corrected chi connectivity index (χ0v) is 9.96. The second-order valence-corrected chi connectivity index (χ2v) is 3.61. The molecule has 0 aliphatic carbocycles. The Morgan fingerprint density at radius 3 is 2.40 bits per heavy atom. The van der Waals surface area contributed by atoms with Gasteiger partial charge in [-0.3, -0.25) is 0 Å². The summed E-state index contributed by atoms with van der Waals surface area (Å²) in [5, 5.41) is 0.749. The molecule has 0 aliphatic rings. The number of hydrogen-bond acceptors (Lipinski definition) is 2. The minimum atomic E-state index is -0.168. The molecular weight excluding hydrogens is 212 g/mol. The fourth-order valence-electron chi connectivity index (χ4n) is 1.39. The van der Waals surface area contributed by atoms with Gasteiger partial charge in [-0.1, -0.05) is 23.7 Å². The molecule has 0 radical (unpaired) electrons. The number of halogens is 1. The molecule has 0 N–H and O–H groups in total. The fourth-order valence-corrected chi connectivity index (χ4v) is 1.61. The molecule has 15 heavy (non-hydrogen) atoms. The Bertz CT molecular complexity index is 283. The second-order valence-electron chi connectivity index (χ2n) is 3.17. The quantitative estimate of drug-likeness (QED) is 0.696. The van der Waals surface area contributed by atoms with Gasteiger partial charge >= 0.3 is 0 Å². The highest BCUT2D eigenvalue weighted by atomic mass is 35.5. The third-order valence-electron chi connectivity index (χ3n) is 2.00. The Labute approximate surface area is 96.2 Å². The van der Waals surface area contributed by atoms with Crippen LogP contribution >= 0.6 is 11.6 Å². The van der Waals surface area contributed by atoms with Gasteiger partial charge in [0.05, 0.1) is 0 Å². The Kier molecular flexibility index (Phi) is 5.69. The molecular formula is C12H17ClO2. The van der Waals surface area contributed by atoms with Crippen molar-refractivity contribution in [3.8, 4) is 0 Å². The van der Waals surface area contributed by atoms with E-state index in [-0.39, 0.29) is 6.29 Å². The molecule has 84 valence electrons. The predicted molar refractivity (Wildman–Crippen MR) is 62.2 cm³/mol. The Morgan fingerprint density at radius 1 is 1.20 bits per heavy atom. The van der Waals surface area contributed by atoms with Gasteiger partial charge in [-0.25, -0.2) is 0 Å². The molecule has 0 amide bonds. The van der Waals surface area contributed by atoms with Gasteiger partial charge in [0.1, 0.15) is 0 Å². The zero-order valence-electron chi connectivity index (χ0n) is 9.20.